The summed E-state index contributed by atoms with van der Waals surface area (Å²) in [6, 6.07) is 8.23. The highest BCUT2D eigenvalue weighted by molar-refractivity contribution is 6.30. The van der Waals surface area contributed by atoms with E-state index in [4.69, 9.17) is 11.6 Å². The summed E-state index contributed by atoms with van der Waals surface area (Å²) < 4.78 is 0. The molecule has 138 valence electrons. The van der Waals surface area contributed by atoms with Gasteiger partial charge in [0.15, 0.2) is 0 Å². The van der Waals surface area contributed by atoms with Crippen LogP contribution in [-0.2, 0) is 17.6 Å². The number of fused-ring (bicyclic) bond motifs is 1. The van der Waals surface area contributed by atoms with Crippen molar-refractivity contribution < 1.29 is 4.79 Å². The summed E-state index contributed by atoms with van der Waals surface area (Å²) >= 11 is 6.13. The number of carbonyl (C=O) groups is 1. The highest BCUT2D eigenvalue weighted by Gasteiger charge is 2.43. The van der Waals surface area contributed by atoms with Crippen LogP contribution in [0.2, 0.25) is 5.02 Å². The lowest BCUT2D eigenvalue weighted by Crippen LogP contribution is -2.30. The van der Waals surface area contributed by atoms with Crippen LogP contribution in [0.1, 0.15) is 36.8 Å². The standard InChI is InChI=1S/C21H26ClN3O/c22-19-5-1-3-15(10-19)9-17-7-8-18-13-25(14-20(17)18)21(26)6-2-4-16-11-23-24-12-16/h1,3,5,10-12,17-18,20H,2,4,6-9,13-14H2,(H,23,24)/t17-,18-,20-/m1/s1. The van der Waals surface area contributed by atoms with Gasteiger partial charge in [0.25, 0.3) is 0 Å². The molecular formula is C21H26ClN3O. The number of nitrogens with one attached hydrogen (secondary N) is 1. The molecule has 1 saturated heterocycles. The smallest absolute Gasteiger partial charge is 0.222 e. The zero-order valence-electron chi connectivity index (χ0n) is 15.0. The molecule has 1 aliphatic carbocycles. The molecule has 0 unspecified atom stereocenters. The topological polar surface area (TPSA) is 49.0 Å². The van der Waals surface area contributed by atoms with Gasteiger partial charge in [-0.15, -0.1) is 0 Å². The van der Waals surface area contributed by atoms with Crippen molar-refractivity contribution in [1.82, 2.24) is 15.1 Å². The lowest BCUT2D eigenvalue weighted by molar-refractivity contribution is -0.130. The second-order valence-electron chi connectivity index (χ2n) is 7.85. The number of aromatic amines is 1. The summed E-state index contributed by atoms with van der Waals surface area (Å²) in [6.07, 6.45) is 9.83. The minimum atomic E-state index is 0.324. The lowest BCUT2D eigenvalue weighted by atomic mass is 9.87. The minimum Gasteiger partial charge on any atom is -0.342 e. The van der Waals surface area contributed by atoms with Crippen molar-refractivity contribution in [2.24, 2.45) is 17.8 Å². The van der Waals surface area contributed by atoms with Gasteiger partial charge in [0, 0.05) is 30.7 Å². The Morgan fingerprint density at radius 2 is 2.19 bits per heavy atom. The van der Waals surface area contributed by atoms with E-state index in [-0.39, 0.29) is 0 Å². The van der Waals surface area contributed by atoms with E-state index in [0.29, 0.717) is 30.1 Å². The molecule has 1 saturated carbocycles. The first-order chi connectivity index (χ1) is 12.7. The zero-order valence-corrected chi connectivity index (χ0v) is 15.8. The Morgan fingerprint density at radius 1 is 1.27 bits per heavy atom. The van der Waals surface area contributed by atoms with E-state index in [0.717, 1.165) is 37.4 Å². The maximum absolute atomic E-state index is 12.6. The number of nitrogens with zero attached hydrogens (tertiary/aromatic N) is 2. The van der Waals surface area contributed by atoms with E-state index in [1.54, 1.807) is 0 Å². The Hall–Kier alpha value is -1.81. The third kappa shape index (κ3) is 3.96. The monoisotopic (exact) mass is 371 g/mol. The number of carbonyl (C=O) groups excluding carboxylic acids is 1. The maximum atomic E-state index is 12.6. The fourth-order valence-electron chi connectivity index (χ4n) is 4.82. The van der Waals surface area contributed by atoms with Crippen molar-refractivity contribution in [1.29, 1.82) is 0 Å². The second-order valence-corrected chi connectivity index (χ2v) is 8.29. The molecule has 5 heteroatoms. The molecule has 1 aromatic carbocycles. The normalized spacial score (nSPS) is 24.8. The highest BCUT2D eigenvalue weighted by atomic mass is 35.5. The Morgan fingerprint density at radius 3 is 3.00 bits per heavy atom. The third-order valence-electron chi connectivity index (χ3n) is 6.16. The molecule has 1 amide bonds. The average Bonchev–Trinajstić information content (AvgIpc) is 3.33. The predicted octanol–water partition coefficient (Wildman–Crippen LogP) is 4.11. The number of hydrogen-bond acceptors (Lipinski definition) is 2. The van der Waals surface area contributed by atoms with Crippen LogP contribution < -0.4 is 0 Å². The van der Waals surface area contributed by atoms with Gasteiger partial charge in [0.1, 0.15) is 0 Å². The average molecular weight is 372 g/mol. The molecule has 0 radical (unpaired) electrons. The first-order valence-electron chi connectivity index (χ1n) is 9.69. The molecule has 26 heavy (non-hydrogen) atoms. The van der Waals surface area contributed by atoms with E-state index in [9.17, 15) is 4.79 Å². The molecule has 1 N–H and O–H groups in total. The number of aromatic nitrogens is 2. The Bertz CT molecular complexity index is 745. The van der Waals surface area contributed by atoms with E-state index < -0.39 is 0 Å². The molecule has 2 heterocycles. The number of benzene rings is 1. The molecule has 2 aliphatic rings. The van der Waals surface area contributed by atoms with Crippen LogP contribution in [0, 0.1) is 17.8 Å². The van der Waals surface area contributed by atoms with Crippen molar-refractivity contribution in [3.05, 3.63) is 52.8 Å². The zero-order chi connectivity index (χ0) is 17.9. The number of hydrogen-bond donors (Lipinski definition) is 1. The van der Waals surface area contributed by atoms with Gasteiger partial charge in [-0.25, -0.2) is 0 Å². The summed E-state index contributed by atoms with van der Waals surface area (Å²) in [4.78, 5) is 14.7. The molecule has 3 atom stereocenters. The molecular weight excluding hydrogens is 346 g/mol. The van der Waals surface area contributed by atoms with Gasteiger partial charge in [-0.2, -0.15) is 5.10 Å². The summed E-state index contributed by atoms with van der Waals surface area (Å²) in [5.41, 5.74) is 2.51. The molecule has 1 aliphatic heterocycles. The fourth-order valence-corrected chi connectivity index (χ4v) is 5.03. The SMILES string of the molecule is O=C(CCCc1cn[nH]c1)N1C[C@H]2CC[C@H](Cc3cccc(Cl)c3)[C@H]2C1. The second kappa shape index (κ2) is 7.83. The van der Waals surface area contributed by atoms with Crippen LogP contribution in [-0.4, -0.2) is 34.1 Å². The van der Waals surface area contributed by atoms with Gasteiger partial charge in [0.2, 0.25) is 5.91 Å². The van der Waals surface area contributed by atoms with Crippen LogP contribution >= 0.6 is 11.6 Å². The van der Waals surface area contributed by atoms with Crippen LogP contribution in [0.15, 0.2) is 36.7 Å². The Balaban J connectivity index is 1.28. The molecule has 4 rings (SSSR count). The Labute approximate surface area is 159 Å². The van der Waals surface area contributed by atoms with Crippen LogP contribution in [0.5, 0.6) is 0 Å². The largest absolute Gasteiger partial charge is 0.342 e. The van der Waals surface area contributed by atoms with Crippen molar-refractivity contribution in [2.45, 2.75) is 38.5 Å². The van der Waals surface area contributed by atoms with Crippen molar-refractivity contribution >= 4 is 17.5 Å². The molecule has 2 fully saturated rings. The van der Waals surface area contributed by atoms with Crippen LogP contribution in [0.4, 0.5) is 0 Å². The number of aryl methyl sites for hydroxylation is 1. The molecule has 0 bridgehead atoms. The van der Waals surface area contributed by atoms with E-state index in [1.807, 2.05) is 24.5 Å². The third-order valence-corrected chi connectivity index (χ3v) is 6.39. The van der Waals surface area contributed by atoms with Crippen LogP contribution in [0.3, 0.4) is 0 Å². The van der Waals surface area contributed by atoms with E-state index in [2.05, 4.69) is 27.2 Å². The van der Waals surface area contributed by atoms with Gasteiger partial charge in [0.05, 0.1) is 6.20 Å². The Kier molecular flexibility index (Phi) is 5.30. The van der Waals surface area contributed by atoms with Gasteiger partial charge in [-0.1, -0.05) is 23.7 Å². The number of halogens is 1. The summed E-state index contributed by atoms with van der Waals surface area (Å²) in [5.74, 6) is 2.36. The van der Waals surface area contributed by atoms with E-state index in [1.165, 1.54) is 24.0 Å². The van der Waals surface area contributed by atoms with Crippen molar-refractivity contribution in [2.75, 3.05) is 13.1 Å². The first-order valence-corrected chi connectivity index (χ1v) is 10.1. The number of likely N-dealkylation sites (tertiary alicyclic amines) is 1. The molecule has 1 aromatic heterocycles. The fraction of sp³-hybridized carbons (Fsp3) is 0.524. The minimum absolute atomic E-state index is 0.324. The summed E-state index contributed by atoms with van der Waals surface area (Å²) in [6.45, 7) is 1.90. The summed E-state index contributed by atoms with van der Waals surface area (Å²) in [7, 11) is 0. The quantitative estimate of drug-likeness (QED) is 0.830. The number of amides is 1. The van der Waals surface area contributed by atoms with Gasteiger partial charge >= 0.3 is 0 Å². The van der Waals surface area contributed by atoms with Gasteiger partial charge < -0.3 is 4.90 Å². The lowest BCUT2D eigenvalue weighted by Gasteiger charge is -2.21. The van der Waals surface area contributed by atoms with E-state index >= 15 is 0 Å². The maximum Gasteiger partial charge on any atom is 0.222 e. The first kappa shape index (κ1) is 17.6. The molecule has 2 aromatic rings. The van der Waals surface area contributed by atoms with Crippen molar-refractivity contribution in [3.8, 4) is 0 Å². The van der Waals surface area contributed by atoms with Gasteiger partial charge in [-0.3, -0.25) is 9.89 Å². The van der Waals surface area contributed by atoms with Crippen LogP contribution in [0.25, 0.3) is 0 Å². The molecule has 0 spiro atoms. The number of H-pyrrole nitrogens is 1. The molecule has 4 nitrogen and oxygen atoms in total. The number of rotatable bonds is 6. The summed E-state index contributed by atoms with van der Waals surface area (Å²) in [5, 5.41) is 7.60. The highest BCUT2D eigenvalue weighted by Crippen LogP contribution is 2.44. The van der Waals surface area contributed by atoms with Gasteiger partial charge in [-0.05, 0) is 73.1 Å². The predicted molar refractivity (Wildman–Crippen MR) is 103 cm³/mol. The van der Waals surface area contributed by atoms with Crippen molar-refractivity contribution in [3.63, 3.8) is 0 Å².